The molecule has 0 aliphatic heterocycles. The molecule has 0 saturated heterocycles. The molecule has 1 saturated carbocycles. The van der Waals surface area contributed by atoms with Crippen molar-refractivity contribution >= 4 is 0 Å². The Labute approximate surface area is 123 Å². The second-order valence-electron chi connectivity index (χ2n) is 6.10. The van der Waals surface area contributed by atoms with E-state index in [0.29, 0.717) is 25.9 Å². The summed E-state index contributed by atoms with van der Waals surface area (Å²) in [6, 6.07) is 1.90. The van der Waals surface area contributed by atoms with Gasteiger partial charge in [0.05, 0.1) is 12.2 Å². The molecule has 1 aliphatic rings. The van der Waals surface area contributed by atoms with E-state index < -0.39 is 12.1 Å². The number of nitrogens with zero attached hydrogens (tertiary/aromatic N) is 1. The van der Waals surface area contributed by atoms with Gasteiger partial charge in [0.1, 0.15) is 5.76 Å². The molecule has 6 heteroatoms. The smallest absolute Gasteiger partial charge is 0.391 e. The monoisotopic (exact) mass is 304 g/mol. The Balaban J connectivity index is 2.04. The fourth-order valence-electron chi connectivity index (χ4n) is 3.22. The van der Waals surface area contributed by atoms with Crippen molar-refractivity contribution in [3.8, 4) is 0 Å². The van der Waals surface area contributed by atoms with Crippen LogP contribution in [-0.4, -0.2) is 30.2 Å². The van der Waals surface area contributed by atoms with Crippen molar-refractivity contribution in [2.24, 2.45) is 11.7 Å². The van der Waals surface area contributed by atoms with Crippen LogP contribution in [0, 0.1) is 12.8 Å². The number of rotatable bonds is 4. The lowest BCUT2D eigenvalue weighted by molar-refractivity contribution is -0.188. The lowest BCUT2D eigenvalue weighted by Gasteiger charge is -2.46. The fourth-order valence-corrected chi connectivity index (χ4v) is 3.22. The van der Waals surface area contributed by atoms with Gasteiger partial charge in [-0.05, 0) is 45.7 Å². The largest absolute Gasteiger partial charge is 0.469 e. The van der Waals surface area contributed by atoms with Crippen molar-refractivity contribution in [1.29, 1.82) is 0 Å². The average molecular weight is 304 g/mol. The molecule has 1 aliphatic carbocycles. The summed E-state index contributed by atoms with van der Waals surface area (Å²) < 4.78 is 43.7. The summed E-state index contributed by atoms with van der Waals surface area (Å²) in [5.74, 6) is -0.334. The first kappa shape index (κ1) is 16.4. The van der Waals surface area contributed by atoms with Gasteiger partial charge in [0.15, 0.2) is 0 Å². The molecule has 0 amide bonds. The highest BCUT2D eigenvalue weighted by Crippen LogP contribution is 2.43. The first-order valence-corrected chi connectivity index (χ1v) is 7.29. The number of aryl methyl sites for hydroxylation is 1. The SMILES string of the molecule is Cc1occc1CN(C)C1(CN)CCC(C(F)(F)F)CC1. The third kappa shape index (κ3) is 3.43. The van der Waals surface area contributed by atoms with Gasteiger partial charge in [-0.3, -0.25) is 4.90 Å². The molecular formula is C15H23F3N2O. The van der Waals surface area contributed by atoms with E-state index in [1.54, 1.807) is 6.26 Å². The van der Waals surface area contributed by atoms with E-state index in [0.717, 1.165) is 11.3 Å². The quantitative estimate of drug-likeness (QED) is 0.926. The van der Waals surface area contributed by atoms with Crippen LogP contribution in [0.4, 0.5) is 13.2 Å². The normalized spacial score (nSPS) is 27.3. The van der Waals surface area contributed by atoms with Crippen LogP contribution in [0.1, 0.15) is 37.0 Å². The number of alkyl halides is 3. The molecule has 21 heavy (non-hydrogen) atoms. The van der Waals surface area contributed by atoms with Gasteiger partial charge in [-0.15, -0.1) is 0 Å². The van der Waals surface area contributed by atoms with Crippen LogP contribution in [0.25, 0.3) is 0 Å². The summed E-state index contributed by atoms with van der Waals surface area (Å²) >= 11 is 0. The Morgan fingerprint density at radius 1 is 1.38 bits per heavy atom. The maximum atomic E-state index is 12.8. The molecule has 0 unspecified atom stereocenters. The molecule has 1 aromatic rings. The van der Waals surface area contributed by atoms with Gasteiger partial charge in [-0.1, -0.05) is 0 Å². The number of halogens is 3. The highest BCUT2D eigenvalue weighted by atomic mass is 19.4. The van der Waals surface area contributed by atoms with E-state index in [1.165, 1.54) is 0 Å². The molecule has 2 rings (SSSR count). The molecule has 1 heterocycles. The Morgan fingerprint density at radius 3 is 2.43 bits per heavy atom. The number of furan rings is 1. The molecule has 1 fully saturated rings. The van der Waals surface area contributed by atoms with Gasteiger partial charge in [0.2, 0.25) is 0 Å². The molecule has 0 bridgehead atoms. The summed E-state index contributed by atoms with van der Waals surface area (Å²) in [4.78, 5) is 2.09. The topological polar surface area (TPSA) is 42.4 Å². The van der Waals surface area contributed by atoms with E-state index in [-0.39, 0.29) is 18.4 Å². The molecule has 0 spiro atoms. The van der Waals surface area contributed by atoms with Crippen LogP contribution >= 0.6 is 0 Å². The third-order valence-electron chi connectivity index (χ3n) is 4.94. The summed E-state index contributed by atoms with van der Waals surface area (Å²) in [6.07, 6.45) is -1.15. The minimum Gasteiger partial charge on any atom is -0.469 e. The van der Waals surface area contributed by atoms with Crippen LogP contribution in [0.15, 0.2) is 16.7 Å². The number of hydrogen-bond acceptors (Lipinski definition) is 3. The maximum absolute atomic E-state index is 12.8. The van der Waals surface area contributed by atoms with Crippen molar-refractivity contribution in [1.82, 2.24) is 4.90 Å². The zero-order valence-electron chi connectivity index (χ0n) is 12.5. The molecule has 3 nitrogen and oxygen atoms in total. The molecule has 0 radical (unpaired) electrons. The van der Waals surface area contributed by atoms with Crippen LogP contribution in [0.5, 0.6) is 0 Å². The average Bonchev–Trinajstić information content (AvgIpc) is 2.83. The zero-order valence-corrected chi connectivity index (χ0v) is 12.5. The Hall–Kier alpha value is -1.01. The maximum Gasteiger partial charge on any atom is 0.391 e. The zero-order chi connectivity index (χ0) is 15.7. The first-order valence-electron chi connectivity index (χ1n) is 7.29. The Bertz CT molecular complexity index is 462. The Kier molecular flexibility index (Phi) is 4.68. The van der Waals surface area contributed by atoms with Crippen LogP contribution in [-0.2, 0) is 6.54 Å². The van der Waals surface area contributed by atoms with E-state index in [1.807, 2.05) is 20.0 Å². The standard InChI is InChI=1S/C15H23F3N2O/c1-11-12(5-8-21-11)9-20(2)14(10-19)6-3-13(4-7-14)15(16,17)18/h5,8,13H,3-4,6-7,9-10,19H2,1-2H3. The predicted octanol–water partition coefficient (Wildman–Crippen LogP) is 3.47. The number of hydrogen-bond donors (Lipinski definition) is 1. The summed E-state index contributed by atoms with van der Waals surface area (Å²) in [6.45, 7) is 2.92. The van der Waals surface area contributed by atoms with E-state index in [2.05, 4.69) is 4.90 Å². The van der Waals surface area contributed by atoms with Crippen molar-refractivity contribution in [3.05, 3.63) is 23.7 Å². The van der Waals surface area contributed by atoms with Gasteiger partial charge >= 0.3 is 6.18 Å². The lowest BCUT2D eigenvalue weighted by atomic mass is 9.75. The van der Waals surface area contributed by atoms with Gasteiger partial charge in [-0.2, -0.15) is 13.2 Å². The first-order chi connectivity index (χ1) is 9.78. The van der Waals surface area contributed by atoms with Crippen molar-refractivity contribution in [2.45, 2.75) is 50.9 Å². The van der Waals surface area contributed by atoms with Crippen LogP contribution in [0.3, 0.4) is 0 Å². The van der Waals surface area contributed by atoms with Gasteiger partial charge < -0.3 is 10.2 Å². The van der Waals surface area contributed by atoms with E-state index >= 15 is 0 Å². The van der Waals surface area contributed by atoms with Crippen LogP contribution in [0.2, 0.25) is 0 Å². The van der Waals surface area contributed by atoms with Crippen LogP contribution < -0.4 is 5.73 Å². The molecule has 1 aromatic heterocycles. The lowest BCUT2D eigenvalue weighted by Crippen LogP contribution is -2.54. The molecule has 120 valence electrons. The highest BCUT2D eigenvalue weighted by Gasteiger charge is 2.46. The summed E-state index contributed by atoms with van der Waals surface area (Å²) in [7, 11) is 1.94. The Morgan fingerprint density at radius 2 is 2.00 bits per heavy atom. The van der Waals surface area contributed by atoms with E-state index in [4.69, 9.17) is 10.2 Å². The van der Waals surface area contributed by atoms with Gasteiger partial charge in [-0.25, -0.2) is 0 Å². The molecule has 2 N–H and O–H groups in total. The highest BCUT2D eigenvalue weighted by molar-refractivity contribution is 5.16. The molecular weight excluding hydrogens is 281 g/mol. The summed E-state index contributed by atoms with van der Waals surface area (Å²) in [5, 5.41) is 0. The van der Waals surface area contributed by atoms with Crippen molar-refractivity contribution in [2.75, 3.05) is 13.6 Å². The van der Waals surface area contributed by atoms with Crippen molar-refractivity contribution < 1.29 is 17.6 Å². The van der Waals surface area contributed by atoms with Gasteiger partial charge in [0.25, 0.3) is 0 Å². The minimum atomic E-state index is -4.08. The number of nitrogens with two attached hydrogens (primary N) is 1. The van der Waals surface area contributed by atoms with E-state index in [9.17, 15) is 13.2 Å². The predicted molar refractivity (Wildman–Crippen MR) is 74.7 cm³/mol. The summed E-state index contributed by atoms with van der Waals surface area (Å²) in [5.41, 5.74) is 6.63. The fraction of sp³-hybridized carbons (Fsp3) is 0.733. The molecule has 0 aromatic carbocycles. The number of likely N-dealkylation sites (N-methyl/N-ethyl adjacent to an activating group) is 1. The third-order valence-corrected chi connectivity index (χ3v) is 4.94. The van der Waals surface area contributed by atoms with Crippen molar-refractivity contribution in [3.63, 3.8) is 0 Å². The second kappa shape index (κ2) is 6.01. The second-order valence-corrected chi connectivity index (χ2v) is 6.10. The van der Waals surface area contributed by atoms with Gasteiger partial charge in [0, 0.05) is 24.2 Å². The minimum absolute atomic E-state index is 0.162. The molecule has 0 atom stereocenters.